The van der Waals surface area contributed by atoms with Crippen molar-refractivity contribution in [3.63, 3.8) is 0 Å². The van der Waals surface area contributed by atoms with Gasteiger partial charge in [0.25, 0.3) is 0 Å². The molecule has 0 saturated carbocycles. The Kier molecular flexibility index (Phi) is 51.1. The molecule has 22 heavy (non-hydrogen) atoms. The summed E-state index contributed by atoms with van der Waals surface area (Å²) in [4.78, 5) is 36.6. The molecule has 0 aromatic carbocycles. The van der Waals surface area contributed by atoms with E-state index < -0.39 is 23.9 Å². The molecule has 0 radical (unpaired) electrons. The molecule has 120 valence electrons. The van der Waals surface area contributed by atoms with Gasteiger partial charge in [-0.15, -0.1) is 0 Å². The molecule has 0 amide bonds. The Labute approximate surface area is 133 Å². The molecule has 0 heterocycles. The molecule has 0 N–H and O–H groups in total. The SMILES string of the molecule is C=CC(=O)[O-].C=CC(=O)[O-].C=CC(=O)[O-].C=CC(=O)[O-].[C+4].[SiH4]. The molecule has 0 aliphatic carbocycles. The van der Waals surface area contributed by atoms with Gasteiger partial charge in [0.2, 0.25) is 0 Å². The first-order valence-electron chi connectivity index (χ1n) is 4.42. The predicted molar refractivity (Wildman–Crippen MR) is 75.4 cm³/mol. The molecular weight excluding hydrogens is 312 g/mol. The van der Waals surface area contributed by atoms with Crippen LogP contribution in [-0.4, -0.2) is 34.8 Å². The molecule has 0 rings (SSSR count). The molecule has 0 unspecified atom stereocenters. The Morgan fingerprint density at radius 1 is 0.545 bits per heavy atom. The van der Waals surface area contributed by atoms with E-state index in [1.165, 1.54) is 0 Å². The average molecular weight is 328 g/mol. The molecule has 0 aromatic heterocycles. The second-order valence-electron chi connectivity index (χ2n) is 2.09. The van der Waals surface area contributed by atoms with Crippen LogP contribution < -0.4 is 20.4 Å². The summed E-state index contributed by atoms with van der Waals surface area (Å²) < 4.78 is 0. The Morgan fingerprint density at radius 3 is 0.591 bits per heavy atom. The minimum Gasteiger partial charge on any atom is -0.545 e. The quantitative estimate of drug-likeness (QED) is 0.364. The second-order valence-corrected chi connectivity index (χ2v) is 2.09. The topological polar surface area (TPSA) is 161 Å². The molecule has 0 aromatic rings. The fourth-order valence-corrected chi connectivity index (χ4v) is 0. The van der Waals surface area contributed by atoms with Crippen molar-refractivity contribution in [2.45, 2.75) is 0 Å². The third-order valence-corrected chi connectivity index (χ3v) is 0.667. The fraction of sp³-hybridized carbons (Fsp3) is 0. The molecule has 0 fully saturated rings. The van der Waals surface area contributed by atoms with E-state index >= 15 is 0 Å². The van der Waals surface area contributed by atoms with Crippen molar-refractivity contribution in [3.8, 4) is 0 Å². The van der Waals surface area contributed by atoms with E-state index in [0.29, 0.717) is 0 Å². The van der Waals surface area contributed by atoms with Crippen LogP contribution in [0.15, 0.2) is 50.6 Å². The first kappa shape index (κ1) is 36.4. The van der Waals surface area contributed by atoms with Crippen molar-refractivity contribution in [2.24, 2.45) is 0 Å². The normalized spacial score (nSPS) is 5.82. The summed E-state index contributed by atoms with van der Waals surface area (Å²) in [5.74, 6) is -4.93. The molecule has 0 aliphatic rings. The first-order valence-corrected chi connectivity index (χ1v) is 4.42. The van der Waals surface area contributed by atoms with Gasteiger partial charge >= 0.3 is 7.43 Å². The molecule has 0 saturated heterocycles. The number of hydrogen-bond donors (Lipinski definition) is 0. The summed E-state index contributed by atoms with van der Waals surface area (Å²) in [6.07, 6.45) is 2.89. The van der Waals surface area contributed by atoms with Crippen molar-refractivity contribution in [1.82, 2.24) is 0 Å². The van der Waals surface area contributed by atoms with E-state index in [1.807, 2.05) is 0 Å². The second kappa shape index (κ2) is 30.8. The van der Waals surface area contributed by atoms with E-state index in [-0.39, 0.29) is 18.4 Å². The van der Waals surface area contributed by atoms with Crippen LogP contribution in [0.1, 0.15) is 0 Å². The van der Waals surface area contributed by atoms with Gasteiger partial charge in [0.05, 0.1) is 23.9 Å². The number of carboxylic acid groups (broad SMARTS) is 4. The monoisotopic (exact) mass is 328 g/mol. The van der Waals surface area contributed by atoms with Gasteiger partial charge in [-0.3, -0.25) is 0 Å². The Morgan fingerprint density at radius 2 is 0.591 bits per heavy atom. The summed E-state index contributed by atoms with van der Waals surface area (Å²) in [6.45, 7) is 11.6. The number of carboxylic acids is 4. The number of aliphatic carboxylic acids is 4. The Balaban J connectivity index is -0.0000000376. The van der Waals surface area contributed by atoms with Crippen LogP contribution in [0.5, 0.6) is 0 Å². The summed E-state index contributed by atoms with van der Waals surface area (Å²) in [6, 6.07) is 0. The van der Waals surface area contributed by atoms with Crippen molar-refractivity contribution < 1.29 is 39.6 Å². The largest absolute Gasteiger partial charge is 4.00 e. The summed E-state index contributed by atoms with van der Waals surface area (Å²) in [7, 11) is 0. The number of rotatable bonds is 4. The molecule has 9 heteroatoms. The van der Waals surface area contributed by atoms with E-state index in [0.717, 1.165) is 24.3 Å². The van der Waals surface area contributed by atoms with Crippen LogP contribution in [-0.2, 0) is 19.2 Å². The van der Waals surface area contributed by atoms with E-state index in [4.69, 9.17) is 39.6 Å². The first-order chi connectivity index (χ1) is 9.08. The Hall–Kier alpha value is -2.94. The molecule has 8 nitrogen and oxygen atoms in total. The predicted octanol–water partition coefficient (Wildman–Crippen LogP) is -5.68. The zero-order valence-corrected chi connectivity index (χ0v) is 10.9. The number of carbonyl (C=O) groups is 4. The van der Waals surface area contributed by atoms with Crippen LogP contribution in [0.25, 0.3) is 0 Å². The molecule has 0 bridgehead atoms. The third-order valence-electron chi connectivity index (χ3n) is 0.667. The average Bonchev–Trinajstić information content (AvgIpc) is 2.40. The summed E-state index contributed by atoms with van der Waals surface area (Å²) >= 11 is 0. The van der Waals surface area contributed by atoms with Crippen LogP contribution in [0.4, 0.5) is 0 Å². The van der Waals surface area contributed by atoms with Crippen LogP contribution in [0.2, 0.25) is 0 Å². The third kappa shape index (κ3) is 172. The van der Waals surface area contributed by atoms with Gasteiger partial charge in [-0.2, -0.15) is 0 Å². The van der Waals surface area contributed by atoms with E-state index in [2.05, 4.69) is 26.3 Å². The van der Waals surface area contributed by atoms with Crippen LogP contribution in [0.3, 0.4) is 0 Å². The zero-order valence-electron chi connectivity index (χ0n) is 10.9. The minimum atomic E-state index is -1.23. The standard InChI is InChI=1S/4C3H4O2.C.H4Si/c4*1-2-3(4)5;;/h4*2H,1H2,(H,4,5);;1H4/q;;;;+4;/p-4. The maximum Gasteiger partial charge on any atom is 4.00 e. The van der Waals surface area contributed by atoms with Gasteiger partial charge in [-0.1, -0.05) is 26.3 Å². The molecule has 0 aliphatic heterocycles. The van der Waals surface area contributed by atoms with Gasteiger partial charge < -0.3 is 39.6 Å². The van der Waals surface area contributed by atoms with Gasteiger partial charge in [0.1, 0.15) is 0 Å². The van der Waals surface area contributed by atoms with E-state index in [9.17, 15) is 0 Å². The smallest absolute Gasteiger partial charge is 0.545 e. The number of hydrogen-bond acceptors (Lipinski definition) is 8. The van der Waals surface area contributed by atoms with Gasteiger partial charge in [-0.25, -0.2) is 0 Å². The van der Waals surface area contributed by atoms with Crippen molar-refractivity contribution in [3.05, 3.63) is 58.0 Å². The fourth-order valence-electron chi connectivity index (χ4n) is 0. The maximum atomic E-state index is 9.14. The van der Waals surface area contributed by atoms with Crippen LogP contribution in [0, 0.1) is 7.43 Å². The molecule has 0 atom stereocenters. The van der Waals surface area contributed by atoms with Crippen molar-refractivity contribution in [2.75, 3.05) is 0 Å². The summed E-state index contributed by atoms with van der Waals surface area (Å²) in [5, 5.41) is 36.6. The van der Waals surface area contributed by atoms with Crippen molar-refractivity contribution in [1.29, 1.82) is 0 Å². The van der Waals surface area contributed by atoms with Crippen molar-refractivity contribution >= 4 is 34.8 Å². The molecular formula is C13H16O8Si. The van der Waals surface area contributed by atoms with Gasteiger partial charge in [-0.05, 0) is 35.3 Å². The van der Waals surface area contributed by atoms with Gasteiger partial charge in [0, 0.05) is 0 Å². The maximum absolute atomic E-state index is 9.14. The van der Waals surface area contributed by atoms with E-state index in [1.54, 1.807) is 0 Å². The zero-order chi connectivity index (χ0) is 17.1. The Bertz CT molecular complexity index is 302. The van der Waals surface area contributed by atoms with Gasteiger partial charge in [0.15, 0.2) is 0 Å². The summed E-state index contributed by atoms with van der Waals surface area (Å²) in [5.41, 5.74) is 0. The number of carbonyl (C=O) groups excluding carboxylic acids is 4. The van der Waals surface area contributed by atoms with Crippen LogP contribution >= 0.6 is 0 Å². The molecule has 0 spiro atoms. The minimum absolute atomic E-state index is 0.